The Morgan fingerprint density at radius 2 is 2.11 bits per heavy atom. The molecule has 0 spiro atoms. The Kier molecular flexibility index (Phi) is 4.79. The molecule has 2 aromatic carbocycles. The summed E-state index contributed by atoms with van der Waals surface area (Å²) in [4.78, 5) is 17.3. The number of carbonyl (C=O) groups excluding carboxylic acids is 1. The van der Waals surface area contributed by atoms with Gasteiger partial charge in [-0.15, -0.1) is 0 Å². The fourth-order valence-corrected chi connectivity index (χ4v) is 4.04. The Labute approximate surface area is 169 Å². The van der Waals surface area contributed by atoms with Crippen LogP contribution >= 0.6 is 11.6 Å². The number of ether oxygens (including phenoxy) is 1. The predicted octanol–water partition coefficient (Wildman–Crippen LogP) is 4.58. The zero-order valence-corrected chi connectivity index (χ0v) is 17.1. The molecule has 3 aromatic rings. The molecule has 1 atom stereocenters. The number of para-hydroxylation sites is 1. The first-order chi connectivity index (χ1) is 13.3. The number of benzene rings is 2. The van der Waals surface area contributed by atoms with E-state index in [1.807, 2.05) is 67.9 Å². The quantitative estimate of drug-likeness (QED) is 0.701. The molecule has 6 heteroatoms. The zero-order valence-electron chi connectivity index (χ0n) is 16.3. The van der Waals surface area contributed by atoms with E-state index in [0.29, 0.717) is 17.9 Å². The Morgan fingerprint density at radius 3 is 2.93 bits per heavy atom. The lowest BCUT2D eigenvalue weighted by atomic mass is 9.89. The van der Waals surface area contributed by atoms with Gasteiger partial charge in [-0.3, -0.25) is 4.79 Å². The van der Waals surface area contributed by atoms with Crippen LogP contribution in [0.15, 0.2) is 42.5 Å². The summed E-state index contributed by atoms with van der Waals surface area (Å²) < 4.78 is 8.06. The minimum Gasteiger partial charge on any atom is -0.487 e. The van der Waals surface area contributed by atoms with E-state index in [1.165, 1.54) is 0 Å². The van der Waals surface area contributed by atoms with Gasteiger partial charge < -0.3 is 14.6 Å². The molecule has 1 aromatic heterocycles. The van der Waals surface area contributed by atoms with Gasteiger partial charge >= 0.3 is 0 Å². The molecule has 0 saturated heterocycles. The van der Waals surface area contributed by atoms with Crippen molar-refractivity contribution in [3.63, 3.8) is 0 Å². The van der Waals surface area contributed by atoms with Crippen LogP contribution < -0.4 is 10.1 Å². The first-order valence-corrected chi connectivity index (χ1v) is 9.88. The monoisotopic (exact) mass is 397 g/mol. The topological polar surface area (TPSA) is 56.2 Å². The minimum atomic E-state index is -0.317. The van der Waals surface area contributed by atoms with Crippen LogP contribution in [0.3, 0.4) is 0 Å². The van der Waals surface area contributed by atoms with Crippen molar-refractivity contribution in [1.29, 1.82) is 0 Å². The molecule has 0 aliphatic carbocycles. The van der Waals surface area contributed by atoms with E-state index >= 15 is 0 Å². The molecule has 1 aliphatic heterocycles. The van der Waals surface area contributed by atoms with Gasteiger partial charge in [-0.25, -0.2) is 4.98 Å². The SMILES string of the molecule is Cn1c(CCC(=O)NC2CC(C)(C)Oc3ccccc32)nc2cc(Cl)ccc21. The summed E-state index contributed by atoms with van der Waals surface area (Å²) in [6, 6.07) is 13.5. The first kappa shape index (κ1) is 18.8. The van der Waals surface area contributed by atoms with Crippen LogP contribution in [0.5, 0.6) is 5.75 Å². The van der Waals surface area contributed by atoms with Crippen LogP contribution in [0, 0.1) is 0 Å². The average molecular weight is 398 g/mol. The number of imidazole rings is 1. The van der Waals surface area contributed by atoms with Crippen LogP contribution in [-0.2, 0) is 18.3 Å². The third-order valence-electron chi connectivity index (χ3n) is 5.22. The highest BCUT2D eigenvalue weighted by Crippen LogP contribution is 2.39. The van der Waals surface area contributed by atoms with Crippen molar-refractivity contribution in [2.45, 2.75) is 44.8 Å². The van der Waals surface area contributed by atoms with Gasteiger partial charge in [0.1, 0.15) is 17.2 Å². The van der Waals surface area contributed by atoms with E-state index in [-0.39, 0.29) is 17.6 Å². The molecule has 5 nitrogen and oxygen atoms in total. The van der Waals surface area contributed by atoms with E-state index in [0.717, 1.165) is 34.6 Å². The third kappa shape index (κ3) is 3.72. The first-order valence-electron chi connectivity index (χ1n) is 9.50. The molecule has 1 amide bonds. The highest BCUT2D eigenvalue weighted by atomic mass is 35.5. The standard InChI is InChI=1S/C22H24ClN3O2/c1-22(2)13-17(15-6-4-5-7-19(15)28-22)25-21(27)11-10-20-24-16-12-14(23)8-9-18(16)26(20)3/h4-9,12,17H,10-11,13H2,1-3H3,(H,25,27). The van der Waals surface area contributed by atoms with E-state index in [4.69, 9.17) is 16.3 Å². The number of nitrogens with zero attached hydrogens (tertiary/aromatic N) is 2. The molecule has 1 unspecified atom stereocenters. The van der Waals surface area contributed by atoms with Gasteiger partial charge in [0.15, 0.2) is 0 Å². The van der Waals surface area contributed by atoms with Crippen LogP contribution in [0.25, 0.3) is 11.0 Å². The van der Waals surface area contributed by atoms with E-state index in [1.54, 1.807) is 0 Å². The highest BCUT2D eigenvalue weighted by molar-refractivity contribution is 6.31. The molecule has 0 radical (unpaired) electrons. The lowest BCUT2D eigenvalue weighted by Crippen LogP contribution is -2.41. The van der Waals surface area contributed by atoms with E-state index in [9.17, 15) is 4.79 Å². The molecule has 0 bridgehead atoms. The molecule has 0 saturated carbocycles. The molecular weight excluding hydrogens is 374 g/mol. The van der Waals surface area contributed by atoms with Gasteiger partial charge in [0, 0.05) is 36.9 Å². The molecule has 28 heavy (non-hydrogen) atoms. The Bertz CT molecular complexity index is 1040. The number of rotatable bonds is 4. The molecule has 146 valence electrons. The van der Waals surface area contributed by atoms with Gasteiger partial charge in [-0.1, -0.05) is 29.8 Å². The number of hydrogen-bond acceptors (Lipinski definition) is 3. The maximum absolute atomic E-state index is 12.7. The lowest BCUT2D eigenvalue weighted by molar-refractivity contribution is -0.122. The zero-order chi connectivity index (χ0) is 19.9. The summed E-state index contributed by atoms with van der Waals surface area (Å²) in [6.07, 6.45) is 1.69. The predicted molar refractivity (Wildman–Crippen MR) is 111 cm³/mol. The fourth-order valence-electron chi connectivity index (χ4n) is 3.87. The number of nitrogens with one attached hydrogen (secondary N) is 1. The number of amides is 1. The van der Waals surface area contributed by atoms with E-state index in [2.05, 4.69) is 10.3 Å². The number of aryl methyl sites for hydroxylation is 2. The summed E-state index contributed by atoms with van der Waals surface area (Å²) in [5.41, 5.74) is 2.58. The summed E-state index contributed by atoms with van der Waals surface area (Å²) in [7, 11) is 1.97. The summed E-state index contributed by atoms with van der Waals surface area (Å²) >= 11 is 6.06. The molecule has 0 fully saturated rings. The van der Waals surface area contributed by atoms with Gasteiger partial charge in [-0.2, -0.15) is 0 Å². The van der Waals surface area contributed by atoms with Crippen molar-refractivity contribution in [3.8, 4) is 5.75 Å². The number of hydrogen-bond donors (Lipinski definition) is 1. The Balaban J connectivity index is 1.46. The summed E-state index contributed by atoms with van der Waals surface area (Å²) in [5.74, 6) is 1.74. The second-order valence-electron chi connectivity index (χ2n) is 7.94. The second kappa shape index (κ2) is 7.13. The summed E-state index contributed by atoms with van der Waals surface area (Å²) in [5, 5.41) is 3.85. The van der Waals surface area contributed by atoms with Crippen molar-refractivity contribution >= 4 is 28.5 Å². The Hall–Kier alpha value is -2.53. The van der Waals surface area contributed by atoms with Gasteiger partial charge in [0.25, 0.3) is 0 Å². The highest BCUT2D eigenvalue weighted by Gasteiger charge is 2.34. The maximum atomic E-state index is 12.7. The van der Waals surface area contributed by atoms with Crippen molar-refractivity contribution in [1.82, 2.24) is 14.9 Å². The largest absolute Gasteiger partial charge is 0.487 e. The number of carbonyl (C=O) groups is 1. The lowest BCUT2D eigenvalue weighted by Gasteiger charge is -2.37. The second-order valence-corrected chi connectivity index (χ2v) is 8.38. The average Bonchev–Trinajstić information content (AvgIpc) is 2.94. The minimum absolute atomic E-state index is 0.0163. The van der Waals surface area contributed by atoms with Crippen molar-refractivity contribution in [2.75, 3.05) is 0 Å². The van der Waals surface area contributed by atoms with Crippen LogP contribution in [0.2, 0.25) is 5.02 Å². The van der Waals surface area contributed by atoms with Crippen molar-refractivity contribution in [2.24, 2.45) is 7.05 Å². The van der Waals surface area contributed by atoms with Crippen LogP contribution in [0.1, 0.15) is 44.1 Å². The summed E-state index contributed by atoms with van der Waals surface area (Å²) in [6.45, 7) is 4.10. The van der Waals surface area contributed by atoms with Gasteiger partial charge in [0.2, 0.25) is 5.91 Å². The van der Waals surface area contributed by atoms with Crippen molar-refractivity contribution in [3.05, 3.63) is 58.9 Å². The molecule has 1 aliphatic rings. The van der Waals surface area contributed by atoms with Gasteiger partial charge in [0.05, 0.1) is 17.1 Å². The van der Waals surface area contributed by atoms with E-state index < -0.39 is 0 Å². The number of fused-ring (bicyclic) bond motifs is 2. The molecule has 1 N–H and O–H groups in total. The van der Waals surface area contributed by atoms with Crippen LogP contribution in [0.4, 0.5) is 0 Å². The maximum Gasteiger partial charge on any atom is 0.220 e. The smallest absolute Gasteiger partial charge is 0.220 e. The number of halogens is 1. The number of aromatic nitrogens is 2. The molecule has 4 rings (SSSR count). The molecular formula is C22H24ClN3O2. The fraction of sp³-hybridized carbons (Fsp3) is 0.364. The molecule has 2 heterocycles. The third-order valence-corrected chi connectivity index (χ3v) is 5.46. The van der Waals surface area contributed by atoms with Gasteiger partial charge in [-0.05, 0) is 38.1 Å². The normalized spacial score (nSPS) is 17.8. The van der Waals surface area contributed by atoms with Crippen LogP contribution in [-0.4, -0.2) is 21.1 Å². The Morgan fingerprint density at radius 1 is 1.32 bits per heavy atom. The van der Waals surface area contributed by atoms with Crippen molar-refractivity contribution < 1.29 is 9.53 Å².